The number of rotatable bonds is 3. The number of pyridine rings is 2. The van der Waals surface area contributed by atoms with Gasteiger partial charge in [0, 0.05) is 30.4 Å². The Bertz CT molecular complexity index is 1600. The Balaban J connectivity index is 1.67. The molecule has 0 aliphatic heterocycles. The molecule has 3 aromatic carbocycles. The van der Waals surface area contributed by atoms with Crippen molar-refractivity contribution in [3.8, 4) is 11.3 Å². The first-order valence-electron chi connectivity index (χ1n) is 10.8. The molecule has 0 aliphatic carbocycles. The van der Waals surface area contributed by atoms with E-state index in [-0.39, 0.29) is 0 Å². The van der Waals surface area contributed by atoms with E-state index in [2.05, 4.69) is 18.2 Å². The summed E-state index contributed by atoms with van der Waals surface area (Å²) in [5.74, 6) is -1.04. The number of para-hydroxylation sites is 1. The molecule has 0 aliphatic rings. The fourth-order valence-electron chi connectivity index (χ4n) is 4.25. The second-order valence-corrected chi connectivity index (χ2v) is 7.73. The highest BCUT2D eigenvalue weighted by Gasteiger charge is 2.21. The predicted molar refractivity (Wildman–Crippen MR) is 126 cm³/mol. The van der Waals surface area contributed by atoms with Crippen molar-refractivity contribution in [2.45, 2.75) is 12.8 Å². The molecule has 31 heavy (non-hydrogen) atoms. The SMILES string of the molecule is [2H]C(C)(c1ccccc1)c1ncc(-c2cc3ccccc3cn2)c2oc3ccccc3c12. The summed E-state index contributed by atoms with van der Waals surface area (Å²) in [5.41, 5.74) is 4.69. The van der Waals surface area contributed by atoms with Gasteiger partial charge in [0.05, 0.1) is 22.3 Å². The quantitative estimate of drug-likeness (QED) is 0.311. The van der Waals surface area contributed by atoms with E-state index in [1.165, 1.54) is 0 Å². The minimum atomic E-state index is -1.04. The van der Waals surface area contributed by atoms with E-state index in [1.807, 2.05) is 79.9 Å². The molecule has 0 radical (unpaired) electrons. The summed E-state index contributed by atoms with van der Waals surface area (Å²) < 4.78 is 15.6. The maximum Gasteiger partial charge on any atom is 0.148 e. The minimum absolute atomic E-state index is 0.674. The van der Waals surface area contributed by atoms with Crippen LogP contribution >= 0.6 is 0 Å². The van der Waals surface area contributed by atoms with Crippen LogP contribution in [0.4, 0.5) is 0 Å². The van der Waals surface area contributed by atoms with E-state index in [4.69, 9.17) is 14.4 Å². The molecule has 0 spiro atoms. The molecule has 0 saturated heterocycles. The van der Waals surface area contributed by atoms with Crippen molar-refractivity contribution in [3.63, 3.8) is 0 Å². The highest BCUT2D eigenvalue weighted by atomic mass is 16.3. The van der Waals surface area contributed by atoms with Crippen LogP contribution in [0.3, 0.4) is 0 Å². The van der Waals surface area contributed by atoms with E-state index >= 15 is 0 Å². The van der Waals surface area contributed by atoms with Crippen molar-refractivity contribution in [1.82, 2.24) is 9.97 Å². The first-order valence-corrected chi connectivity index (χ1v) is 10.3. The van der Waals surface area contributed by atoms with Gasteiger partial charge in [0.1, 0.15) is 11.2 Å². The largest absolute Gasteiger partial charge is 0.455 e. The van der Waals surface area contributed by atoms with Crippen LogP contribution in [0.15, 0.2) is 102 Å². The Hall–Kier alpha value is -3.98. The molecule has 0 fully saturated rings. The number of fused-ring (bicyclic) bond motifs is 4. The smallest absolute Gasteiger partial charge is 0.148 e. The molecule has 3 heterocycles. The van der Waals surface area contributed by atoms with Crippen LogP contribution in [0.5, 0.6) is 0 Å². The number of nitrogens with zero attached hydrogens (tertiary/aromatic N) is 2. The van der Waals surface area contributed by atoms with Crippen molar-refractivity contribution >= 4 is 32.7 Å². The van der Waals surface area contributed by atoms with Gasteiger partial charge in [0.2, 0.25) is 0 Å². The van der Waals surface area contributed by atoms with Crippen molar-refractivity contribution < 1.29 is 5.79 Å². The fraction of sp³-hybridized carbons (Fsp3) is 0.0714. The molecule has 3 nitrogen and oxygen atoms in total. The molecule has 6 rings (SSSR count). The summed E-state index contributed by atoms with van der Waals surface area (Å²) in [6, 6.07) is 28.0. The van der Waals surface area contributed by atoms with Gasteiger partial charge in [-0.25, -0.2) is 0 Å². The van der Waals surface area contributed by atoms with Gasteiger partial charge in [0.25, 0.3) is 0 Å². The van der Waals surface area contributed by atoms with Crippen molar-refractivity contribution in [1.29, 1.82) is 0 Å². The van der Waals surface area contributed by atoms with Crippen molar-refractivity contribution in [2.75, 3.05) is 0 Å². The van der Waals surface area contributed by atoms with E-state index in [9.17, 15) is 1.37 Å². The van der Waals surface area contributed by atoms with E-state index in [1.54, 1.807) is 6.20 Å². The van der Waals surface area contributed by atoms with Gasteiger partial charge in [-0.05, 0) is 23.1 Å². The van der Waals surface area contributed by atoms with Gasteiger partial charge >= 0.3 is 0 Å². The standard InChI is InChI=1S/C28H20N2O/c1-18(19-9-3-2-4-10-19)27-26-22-13-7-8-14-25(22)31-28(26)23(17-30-27)24-15-20-11-5-6-12-21(20)16-29-24/h2-18H,1H3/i18D. The lowest BCUT2D eigenvalue weighted by Crippen LogP contribution is -2.00. The second-order valence-electron chi connectivity index (χ2n) is 7.73. The average Bonchev–Trinajstić information content (AvgIpc) is 3.23. The lowest BCUT2D eigenvalue weighted by Gasteiger charge is -2.14. The molecule has 0 bridgehead atoms. The molecule has 3 aromatic heterocycles. The van der Waals surface area contributed by atoms with Gasteiger partial charge in [-0.3, -0.25) is 9.97 Å². The zero-order valence-electron chi connectivity index (χ0n) is 18.0. The highest BCUT2D eigenvalue weighted by molar-refractivity contribution is 6.10. The highest BCUT2D eigenvalue weighted by Crippen LogP contribution is 2.40. The lowest BCUT2D eigenvalue weighted by molar-refractivity contribution is 0.668. The maximum absolute atomic E-state index is 9.27. The summed E-state index contributed by atoms with van der Waals surface area (Å²) in [6.07, 6.45) is 3.68. The zero-order chi connectivity index (χ0) is 21.7. The van der Waals surface area contributed by atoms with Crippen LogP contribution in [0, 0.1) is 0 Å². The first kappa shape index (κ1) is 16.8. The number of benzene rings is 3. The van der Waals surface area contributed by atoms with Crippen molar-refractivity contribution in [3.05, 3.63) is 109 Å². The van der Waals surface area contributed by atoms with Crippen LogP contribution < -0.4 is 0 Å². The summed E-state index contributed by atoms with van der Waals surface area (Å²) in [6.45, 7) is 1.89. The Labute approximate surface area is 181 Å². The average molecular weight is 401 g/mol. The molecule has 1 atom stereocenters. The van der Waals surface area contributed by atoms with Gasteiger partial charge in [-0.2, -0.15) is 0 Å². The maximum atomic E-state index is 9.27. The van der Waals surface area contributed by atoms with Crippen LogP contribution in [-0.2, 0) is 0 Å². The number of hydrogen-bond donors (Lipinski definition) is 0. The molecular weight excluding hydrogens is 380 g/mol. The predicted octanol–water partition coefficient (Wildman–Crippen LogP) is 7.35. The normalized spacial score (nSPS) is 14.0. The Morgan fingerprint density at radius 2 is 1.55 bits per heavy atom. The lowest BCUT2D eigenvalue weighted by atomic mass is 9.93. The molecular formula is C28H20N2O. The van der Waals surface area contributed by atoms with Gasteiger partial charge in [-0.15, -0.1) is 0 Å². The second kappa shape index (κ2) is 7.06. The van der Waals surface area contributed by atoms with E-state index in [0.717, 1.165) is 43.9 Å². The Morgan fingerprint density at radius 3 is 2.42 bits per heavy atom. The third-order valence-electron chi connectivity index (χ3n) is 5.87. The molecule has 3 heteroatoms. The minimum Gasteiger partial charge on any atom is -0.455 e. The number of furan rings is 1. The topological polar surface area (TPSA) is 38.9 Å². The number of hydrogen-bond acceptors (Lipinski definition) is 3. The monoisotopic (exact) mass is 401 g/mol. The fourth-order valence-corrected chi connectivity index (χ4v) is 4.25. The zero-order valence-corrected chi connectivity index (χ0v) is 17.0. The summed E-state index contributed by atoms with van der Waals surface area (Å²) >= 11 is 0. The van der Waals surface area contributed by atoms with Crippen LogP contribution in [0.25, 0.3) is 44.0 Å². The van der Waals surface area contributed by atoms with Crippen LogP contribution in [-0.4, -0.2) is 9.97 Å². The van der Waals surface area contributed by atoms with E-state index < -0.39 is 5.89 Å². The molecule has 1 unspecified atom stereocenters. The van der Waals surface area contributed by atoms with Gasteiger partial charge in [-0.1, -0.05) is 79.7 Å². The van der Waals surface area contributed by atoms with Gasteiger partial charge < -0.3 is 4.42 Å². The van der Waals surface area contributed by atoms with E-state index in [0.29, 0.717) is 11.3 Å². The van der Waals surface area contributed by atoms with Crippen LogP contribution in [0.2, 0.25) is 0 Å². The van der Waals surface area contributed by atoms with Gasteiger partial charge in [0.15, 0.2) is 0 Å². The molecule has 0 amide bonds. The summed E-state index contributed by atoms with van der Waals surface area (Å²) in [7, 11) is 0. The summed E-state index contributed by atoms with van der Waals surface area (Å²) in [4.78, 5) is 9.55. The number of aromatic nitrogens is 2. The third kappa shape index (κ3) is 2.89. The Kier molecular flexibility index (Phi) is 3.82. The third-order valence-corrected chi connectivity index (χ3v) is 5.87. The first-order chi connectivity index (χ1) is 15.6. The van der Waals surface area contributed by atoms with Crippen LogP contribution in [0.1, 0.15) is 25.4 Å². The van der Waals surface area contributed by atoms with Crippen molar-refractivity contribution in [2.24, 2.45) is 0 Å². The molecule has 0 N–H and O–H groups in total. The molecule has 6 aromatic rings. The summed E-state index contributed by atoms with van der Waals surface area (Å²) in [5, 5.41) is 4.03. The molecule has 148 valence electrons. The molecule has 0 saturated carbocycles. The Morgan fingerprint density at radius 1 is 0.806 bits per heavy atom.